The molecule has 0 saturated carbocycles. The minimum atomic E-state index is -0.141. The van der Waals surface area contributed by atoms with E-state index in [-0.39, 0.29) is 17.7 Å². The number of carbonyl (C=O) groups is 2. The number of hydrogen-bond donors (Lipinski definition) is 0. The first-order chi connectivity index (χ1) is 15.0. The van der Waals surface area contributed by atoms with E-state index >= 15 is 0 Å². The second-order valence-corrected chi connectivity index (χ2v) is 7.71. The number of aromatic nitrogens is 4. The first kappa shape index (κ1) is 20.6. The summed E-state index contributed by atoms with van der Waals surface area (Å²) in [6.45, 7) is 3.43. The van der Waals surface area contributed by atoms with E-state index < -0.39 is 0 Å². The molecular weight excluding hydrogens is 396 g/mol. The zero-order chi connectivity index (χ0) is 21.8. The van der Waals surface area contributed by atoms with Crippen molar-refractivity contribution in [3.8, 4) is 0 Å². The van der Waals surface area contributed by atoms with Gasteiger partial charge in [0.25, 0.3) is 11.8 Å². The minimum absolute atomic E-state index is 0.0338. The Morgan fingerprint density at radius 3 is 2.55 bits per heavy atom. The maximum absolute atomic E-state index is 12.7. The highest BCUT2D eigenvalue weighted by atomic mass is 16.6. The highest BCUT2D eigenvalue weighted by Crippen LogP contribution is 2.27. The van der Waals surface area contributed by atoms with E-state index in [1.807, 2.05) is 17.0 Å². The fourth-order valence-electron chi connectivity index (χ4n) is 3.71. The Kier molecular flexibility index (Phi) is 6.01. The predicted molar refractivity (Wildman–Crippen MR) is 111 cm³/mol. The van der Waals surface area contributed by atoms with Gasteiger partial charge in [-0.3, -0.25) is 19.6 Å². The molecule has 1 fully saturated rings. The van der Waals surface area contributed by atoms with Crippen LogP contribution in [0.25, 0.3) is 0 Å². The van der Waals surface area contributed by atoms with E-state index in [1.165, 1.54) is 0 Å². The largest absolute Gasteiger partial charge is 0.337 e. The van der Waals surface area contributed by atoms with Gasteiger partial charge in [-0.25, -0.2) is 4.63 Å². The summed E-state index contributed by atoms with van der Waals surface area (Å²) in [5.74, 6) is 0.0873. The monoisotopic (exact) mass is 420 g/mol. The molecule has 4 heterocycles. The van der Waals surface area contributed by atoms with Gasteiger partial charge < -0.3 is 9.80 Å². The summed E-state index contributed by atoms with van der Waals surface area (Å²) in [7, 11) is 1.71. The van der Waals surface area contributed by atoms with E-state index in [0.717, 1.165) is 18.5 Å². The number of hydrogen-bond acceptors (Lipinski definition) is 7. The maximum Gasteiger partial charge on any atom is 0.272 e. The number of aryl methyl sites for hydroxylation is 1. The molecule has 0 radical (unpaired) electrons. The van der Waals surface area contributed by atoms with Gasteiger partial charge in [0.05, 0.1) is 12.1 Å². The van der Waals surface area contributed by atoms with Crippen molar-refractivity contribution in [2.24, 2.45) is 0 Å². The van der Waals surface area contributed by atoms with Gasteiger partial charge in [0.15, 0.2) is 0 Å². The standard InChI is InChI=1S/C22H24N6O3/c1-15-20(26-31-25-15)14-27(2)21(29)17-6-7-18(24-13-17)16-8-11-28(12-9-16)22(30)19-5-3-4-10-23-19/h3-7,10,13,16H,8-9,11-12,14H2,1-2H3. The van der Waals surface area contributed by atoms with E-state index in [9.17, 15) is 9.59 Å². The van der Waals surface area contributed by atoms with Crippen molar-refractivity contribution in [3.63, 3.8) is 0 Å². The van der Waals surface area contributed by atoms with Gasteiger partial charge in [-0.05, 0) is 44.0 Å². The Bertz CT molecular complexity index is 1040. The van der Waals surface area contributed by atoms with Crippen molar-refractivity contribution >= 4 is 11.8 Å². The topological polar surface area (TPSA) is 105 Å². The molecule has 1 aliphatic heterocycles. The molecule has 9 nitrogen and oxygen atoms in total. The molecule has 9 heteroatoms. The Balaban J connectivity index is 1.34. The SMILES string of the molecule is Cc1nonc1CN(C)C(=O)c1ccc(C2CCN(C(=O)c3ccccn3)CC2)nc1. The third kappa shape index (κ3) is 4.60. The molecule has 0 spiro atoms. The Hall–Kier alpha value is -3.62. The molecule has 0 aliphatic carbocycles. The summed E-state index contributed by atoms with van der Waals surface area (Å²) in [6.07, 6.45) is 4.91. The zero-order valence-electron chi connectivity index (χ0n) is 17.6. The van der Waals surface area contributed by atoms with Gasteiger partial charge in [-0.2, -0.15) is 0 Å². The van der Waals surface area contributed by atoms with Crippen LogP contribution in [0.3, 0.4) is 0 Å². The van der Waals surface area contributed by atoms with Crippen molar-refractivity contribution in [3.05, 3.63) is 71.1 Å². The van der Waals surface area contributed by atoms with E-state index in [4.69, 9.17) is 0 Å². The molecular formula is C22H24N6O3. The van der Waals surface area contributed by atoms with Crippen LogP contribution in [0.5, 0.6) is 0 Å². The van der Waals surface area contributed by atoms with Gasteiger partial charge in [0.1, 0.15) is 17.1 Å². The quantitative estimate of drug-likeness (QED) is 0.624. The molecule has 0 unspecified atom stereocenters. The molecule has 1 aliphatic rings. The lowest BCUT2D eigenvalue weighted by Crippen LogP contribution is -2.38. The van der Waals surface area contributed by atoms with Crippen LogP contribution in [0.4, 0.5) is 0 Å². The molecule has 1 saturated heterocycles. The second kappa shape index (κ2) is 9.03. The highest BCUT2D eigenvalue weighted by Gasteiger charge is 2.26. The van der Waals surface area contributed by atoms with Crippen LogP contribution in [-0.2, 0) is 6.54 Å². The average Bonchev–Trinajstić information content (AvgIpc) is 3.23. The highest BCUT2D eigenvalue weighted by molar-refractivity contribution is 5.93. The number of rotatable bonds is 5. The summed E-state index contributed by atoms with van der Waals surface area (Å²) < 4.78 is 4.68. The molecule has 4 rings (SSSR count). The van der Waals surface area contributed by atoms with Crippen molar-refractivity contribution in [2.45, 2.75) is 32.2 Å². The van der Waals surface area contributed by atoms with Crippen molar-refractivity contribution < 1.29 is 14.2 Å². The Morgan fingerprint density at radius 1 is 1.13 bits per heavy atom. The number of likely N-dealkylation sites (tertiary alicyclic amines) is 1. The van der Waals surface area contributed by atoms with Gasteiger partial charge in [0.2, 0.25) is 0 Å². The summed E-state index contributed by atoms with van der Waals surface area (Å²) in [5, 5.41) is 7.55. The van der Waals surface area contributed by atoms with Crippen molar-refractivity contribution in [1.29, 1.82) is 0 Å². The van der Waals surface area contributed by atoms with E-state index in [2.05, 4.69) is 24.9 Å². The summed E-state index contributed by atoms with van der Waals surface area (Å²) in [4.78, 5) is 37.3. The lowest BCUT2D eigenvalue weighted by atomic mass is 9.92. The molecule has 3 aromatic heterocycles. The third-order valence-corrected chi connectivity index (χ3v) is 5.60. The number of amides is 2. The number of carbonyl (C=O) groups excluding carboxylic acids is 2. The fraction of sp³-hybridized carbons (Fsp3) is 0.364. The van der Waals surface area contributed by atoms with Crippen LogP contribution in [0.2, 0.25) is 0 Å². The third-order valence-electron chi connectivity index (χ3n) is 5.60. The second-order valence-electron chi connectivity index (χ2n) is 7.71. The van der Waals surface area contributed by atoms with Crippen LogP contribution in [0, 0.1) is 6.92 Å². The van der Waals surface area contributed by atoms with Gasteiger partial charge in [-0.15, -0.1) is 0 Å². The summed E-state index contributed by atoms with van der Waals surface area (Å²) in [5.41, 5.74) is 3.24. The van der Waals surface area contributed by atoms with Crippen LogP contribution in [0.15, 0.2) is 47.4 Å². The smallest absolute Gasteiger partial charge is 0.272 e. The number of piperidine rings is 1. The van der Waals surface area contributed by atoms with Gasteiger partial charge in [-0.1, -0.05) is 16.4 Å². The molecule has 160 valence electrons. The maximum atomic E-state index is 12.7. The minimum Gasteiger partial charge on any atom is -0.337 e. The Labute approximate surface area is 180 Å². The molecule has 3 aromatic rings. The first-order valence-corrected chi connectivity index (χ1v) is 10.2. The normalized spacial score (nSPS) is 14.5. The molecule has 0 aromatic carbocycles. The van der Waals surface area contributed by atoms with E-state index in [1.54, 1.807) is 49.5 Å². The molecule has 0 atom stereocenters. The van der Waals surface area contributed by atoms with E-state index in [0.29, 0.717) is 42.3 Å². The molecule has 0 bridgehead atoms. The van der Waals surface area contributed by atoms with Gasteiger partial charge >= 0.3 is 0 Å². The number of pyridine rings is 2. The molecule has 31 heavy (non-hydrogen) atoms. The van der Waals surface area contributed by atoms with Crippen LogP contribution < -0.4 is 0 Å². The fourth-order valence-corrected chi connectivity index (χ4v) is 3.71. The predicted octanol–water partition coefficient (Wildman–Crippen LogP) is 2.46. The molecule has 2 amide bonds. The summed E-state index contributed by atoms with van der Waals surface area (Å²) in [6, 6.07) is 9.07. The number of nitrogens with zero attached hydrogens (tertiary/aromatic N) is 6. The Morgan fingerprint density at radius 2 is 1.94 bits per heavy atom. The lowest BCUT2D eigenvalue weighted by Gasteiger charge is -2.31. The molecule has 0 N–H and O–H groups in total. The summed E-state index contributed by atoms with van der Waals surface area (Å²) >= 11 is 0. The van der Waals surface area contributed by atoms with Crippen molar-refractivity contribution in [2.75, 3.05) is 20.1 Å². The van der Waals surface area contributed by atoms with Crippen LogP contribution in [-0.4, -0.2) is 62.0 Å². The zero-order valence-corrected chi connectivity index (χ0v) is 17.6. The van der Waals surface area contributed by atoms with Gasteiger partial charge in [0, 0.05) is 44.1 Å². The first-order valence-electron chi connectivity index (χ1n) is 10.2. The van der Waals surface area contributed by atoms with Crippen LogP contribution >= 0.6 is 0 Å². The van der Waals surface area contributed by atoms with Crippen molar-refractivity contribution in [1.82, 2.24) is 30.1 Å². The lowest BCUT2D eigenvalue weighted by molar-refractivity contribution is 0.0705. The average molecular weight is 420 g/mol. The van der Waals surface area contributed by atoms with Crippen LogP contribution in [0.1, 0.15) is 56.7 Å².